The van der Waals surface area contributed by atoms with Crippen LogP contribution in [0.2, 0.25) is 5.02 Å². The third-order valence-electron chi connectivity index (χ3n) is 3.90. The Balaban J connectivity index is 1.60. The number of amides is 1. The average molecular weight is 400 g/mol. The van der Waals surface area contributed by atoms with E-state index in [0.29, 0.717) is 10.8 Å². The van der Waals surface area contributed by atoms with Crippen molar-refractivity contribution in [1.29, 1.82) is 0 Å². The molecule has 27 heavy (non-hydrogen) atoms. The van der Waals surface area contributed by atoms with Gasteiger partial charge in [-0.2, -0.15) is 0 Å². The molecule has 1 aromatic heterocycles. The third-order valence-corrected chi connectivity index (χ3v) is 4.43. The Bertz CT molecular complexity index is 1000. The minimum atomic E-state index is -0.446. The number of halogens is 1. The fraction of sp³-hybridized carbons (Fsp3) is 0.100. The van der Waals surface area contributed by atoms with Crippen LogP contribution in [0.3, 0.4) is 0 Å². The van der Waals surface area contributed by atoms with Crippen LogP contribution in [0.25, 0.3) is 11.3 Å². The highest BCUT2D eigenvalue weighted by atomic mass is 35.5. The van der Waals surface area contributed by atoms with Gasteiger partial charge in [0.15, 0.2) is 10.9 Å². The largest absolute Gasteiger partial charge is 0.451 e. The number of rotatable bonds is 3. The van der Waals surface area contributed by atoms with Crippen LogP contribution in [-0.4, -0.2) is 11.0 Å². The van der Waals surface area contributed by atoms with Gasteiger partial charge in [-0.05, 0) is 67.5 Å². The molecule has 0 unspecified atom stereocenters. The first-order valence-corrected chi connectivity index (χ1v) is 9.02. The van der Waals surface area contributed by atoms with E-state index in [4.69, 9.17) is 28.2 Å². The molecule has 0 aliphatic heterocycles. The molecule has 0 fully saturated rings. The van der Waals surface area contributed by atoms with Gasteiger partial charge in [0.05, 0.1) is 5.02 Å². The summed E-state index contributed by atoms with van der Waals surface area (Å²) in [7, 11) is 0. The molecule has 7 heteroatoms. The molecule has 5 nitrogen and oxygen atoms in total. The fourth-order valence-corrected chi connectivity index (χ4v) is 2.85. The monoisotopic (exact) mass is 399 g/mol. The van der Waals surface area contributed by atoms with Gasteiger partial charge in [0.25, 0.3) is 0 Å². The molecular weight excluding hydrogens is 382 g/mol. The first-order valence-electron chi connectivity index (χ1n) is 8.23. The Morgan fingerprint density at radius 1 is 1.04 bits per heavy atom. The zero-order valence-electron chi connectivity index (χ0n) is 14.8. The van der Waals surface area contributed by atoms with Gasteiger partial charge in [-0.25, -0.2) is 0 Å². The summed E-state index contributed by atoms with van der Waals surface area (Å²) >= 11 is 11.4. The topological polar surface area (TPSA) is 66.3 Å². The molecule has 1 heterocycles. The molecule has 0 atom stereocenters. The van der Waals surface area contributed by atoms with Crippen molar-refractivity contribution in [1.82, 2.24) is 10.9 Å². The van der Waals surface area contributed by atoms with Crippen LogP contribution < -0.4 is 16.2 Å². The van der Waals surface area contributed by atoms with Crippen LogP contribution in [-0.2, 0) is 0 Å². The molecule has 138 valence electrons. The number of furan rings is 1. The van der Waals surface area contributed by atoms with E-state index in [0.717, 1.165) is 22.4 Å². The second kappa shape index (κ2) is 8.24. The Labute approximate surface area is 167 Å². The van der Waals surface area contributed by atoms with Gasteiger partial charge in [-0.3, -0.25) is 15.6 Å². The number of benzene rings is 2. The minimum Gasteiger partial charge on any atom is -0.451 e. The van der Waals surface area contributed by atoms with E-state index in [1.807, 2.05) is 50.2 Å². The van der Waals surface area contributed by atoms with Gasteiger partial charge >= 0.3 is 5.91 Å². The van der Waals surface area contributed by atoms with Crippen molar-refractivity contribution in [2.24, 2.45) is 0 Å². The van der Waals surface area contributed by atoms with Gasteiger partial charge in [-0.15, -0.1) is 0 Å². The maximum absolute atomic E-state index is 12.3. The first kappa shape index (κ1) is 18.9. The van der Waals surface area contributed by atoms with Gasteiger partial charge in [0.1, 0.15) is 5.76 Å². The molecule has 0 radical (unpaired) electrons. The van der Waals surface area contributed by atoms with Crippen molar-refractivity contribution >= 4 is 40.5 Å². The van der Waals surface area contributed by atoms with Crippen LogP contribution in [0, 0.1) is 13.8 Å². The zero-order valence-corrected chi connectivity index (χ0v) is 16.4. The smallest absolute Gasteiger partial charge is 0.305 e. The summed E-state index contributed by atoms with van der Waals surface area (Å²) in [6.07, 6.45) is 0. The number of thiocarbonyl (C=S) groups is 1. The van der Waals surface area contributed by atoms with Crippen molar-refractivity contribution in [3.8, 4) is 11.3 Å². The SMILES string of the molecule is Cc1ccc(C)c(NC(=S)NNC(=O)c2ccc(-c3ccccc3Cl)o2)c1. The fourth-order valence-electron chi connectivity index (χ4n) is 2.46. The third kappa shape index (κ3) is 4.67. The van der Waals surface area contributed by atoms with E-state index in [1.54, 1.807) is 18.2 Å². The average Bonchev–Trinajstić information content (AvgIpc) is 3.13. The maximum atomic E-state index is 12.3. The van der Waals surface area contributed by atoms with E-state index in [9.17, 15) is 4.79 Å². The van der Waals surface area contributed by atoms with E-state index < -0.39 is 5.91 Å². The number of anilines is 1. The summed E-state index contributed by atoms with van der Waals surface area (Å²) in [4.78, 5) is 12.3. The molecule has 0 spiro atoms. The van der Waals surface area contributed by atoms with E-state index in [-0.39, 0.29) is 10.9 Å². The summed E-state index contributed by atoms with van der Waals surface area (Å²) in [6.45, 7) is 3.97. The first-order chi connectivity index (χ1) is 12.9. The standard InChI is InChI=1S/C20H18ClN3O2S/c1-12-7-8-13(2)16(11-12)22-20(27)24-23-19(25)18-10-9-17(26-18)14-5-3-4-6-15(14)21/h3-11H,1-2H3,(H,23,25)(H2,22,24,27). The highest BCUT2D eigenvalue weighted by molar-refractivity contribution is 7.80. The summed E-state index contributed by atoms with van der Waals surface area (Å²) in [5, 5.41) is 3.88. The number of hydrogen-bond acceptors (Lipinski definition) is 3. The van der Waals surface area contributed by atoms with E-state index in [2.05, 4.69) is 16.2 Å². The van der Waals surface area contributed by atoms with Crippen LogP contribution in [0.4, 0.5) is 5.69 Å². The van der Waals surface area contributed by atoms with Gasteiger partial charge < -0.3 is 9.73 Å². The van der Waals surface area contributed by atoms with Crippen molar-refractivity contribution in [3.63, 3.8) is 0 Å². The van der Waals surface area contributed by atoms with Crippen molar-refractivity contribution in [2.45, 2.75) is 13.8 Å². The summed E-state index contributed by atoms with van der Waals surface area (Å²) in [5.41, 5.74) is 8.94. The number of hydrogen-bond donors (Lipinski definition) is 3. The molecule has 0 aliphatic carbocycles. The second-order valence-corrected chi connectivity index (χ2v) is 6.81. The van der Waals surface area contributed by atoms with Crippen LogP contribution in [0.15, 0.2) is 59.0 Å². The van der Waals surface area contributed by atoms with Crippen LogP contribution in [0.5, 0.6) is 0 Å². The lowest BCUT2D eigenvalue weighted by molar-refractivity contribution is 0.0917. The Hall–Kier alpha value is -2.83. The predicted molar refractivity (Wildman–Crippen MR) is 112 cm³/mol. The van der Waals surface area contributed by atoms with Crippen molar-refractivity contribution < 1.29 is 9.21 Å². The number of carbonyl (C=O) groups excluding carboxylic acids is 1. The predicted octanol–water partition coefficient (Wildman–Crippen LogP) is 4.85. The quantitative estimate of drug-likeness (QED) is 0.434. The van der Waals surface area contributed by atoms with Gasteiger partial charge in [-0.1, -0.05) is 35.9 Å². The Kier molecular flexibility index (Phi) is 5.78. The summed E-state index contributed by atoms with van der Waals surface area (Å²) in [6, 6.07) is 16.5. The molecular formula is C20H18ClN3O2S. The Morgan fingerprint density at radius 3 is 2.59 bits per heavy atom. The van der Waals surface area contributed by atoms with Gasteiger partial charge in [0, 0.05) is 11.3 Å². The highest BCUT2D eigenvalue weighted by Crippen LogP contribution is 2.28. The number of carbonyl (C=O) groups is 1. The Morgan fingerprint density at radius 2 is 1.81 bits per heavy atom. The highest BCUT2D eigenvalue weighted by Gasteiger charge is 2.14. The molecule has 0 aliphatic rings. The molecule has 3 N–H and O–H groups in total. The molecule has 0 saturated carbocycles. The molecule has 0 saturated heterocycles. The maximum Gasteiger partial charge on any atom is 0.305 e. The van der Waals surface area contributed by atoms with E-state index in [1.165, 1.54) is 0 Å². The van der Waals surface area contributed by atoms with Crippen molar-refractivity contribution in [2.75, 3.05) is 5.32 Å². The normalized spacial score (nSPS) is 10.3. The second-order valence-electron chi connectivity index (χ2n) is 6.00. The molecule has 3 rings (SSSR count). The number of aryl methyl sites for hydroxylation is 2. The summed E-state index contributed by atoms with van der Waals surface area (Å²) < 4.78 is 5.60. The van der Waals surface area contributed by atoms with Crippen molar-refractivity contribution in [3.05, 3.63) is 76.5 Å². The van der Waals surface area contributed by atoms with Crippen LogP contribution in [0.1, 0.15) is 21.7 Å². The molecule has 0 bridgehead atoms. The van der Waals surface area contributed by atoms with Gasteiger partial charge in [0.2, 0.25) is 0 Å². The lowest BCUT2D eigenvalue weighted by Crippen LogP contribution is -2.43. The van der Waals surface area contributed by atoms with E-state index >= 15 is 0 Å². The zero-order chi connectivity index (χ0) is 19.4. The van der Waals surface area contributed by atoms with Crippen LogP contribution >= 0.6 is 23.8 Å². The number of nitrogens with one attached hydrogen (secondary N) is 3. The molecule has 3 aromatic rings. The molecule has 1 amide bonds. The summed E-state index contributed by atoms with van der Waals surface area (Å²) in [5.74, 6) is 0.215. The molecule has 2 aromatic carbocycles. The lowest BCUT2D eigenvalue weighted by Gasteiger charge is -2.13. The lowest BCUT2D eigenvalue weighted by atomic mass is 10.1. The minimum absolute atomic E-state index is 0.145. The number of hydrazine groups is 1.